The number of ether oxygens (including phenoxy) is 2. The zero-order chi connectivity index (χ0) is 22.8. The molecule has 2 heterocycles. The summed E-state index contributed by atoms with van der Waals surface area (Å²) in [6.07, 6.45) is 0.682. The molecule has 4 rings (SSSR count). The lowest BCUT2D eigenvalue weighted by molar-refractivity contribution is -0.130. The number of piperazine rings is 1. The summed E-state index contributed by atoms with van der Waals surface area (Å²) in [5, 5.41) is 6.42. The van der Waals surface area contributed by atoms with Gasteiger partial charge in [0.25, 0.3) is 0 Å². The van der Waals surface area contributed by atoms with Gasteiger partial charge in [-0.25, -0.2) is 5.01 Å². The van der Waals surface area contributed by atoms with E-state index < -0.39 is 0 Å². The maximum atomic E-state index is 12.4. The summed E-state index contributed by atoms with van der Waals surface area (Å²) in [5.74, 6) is 1.26. The Balaban J connectivity index is 1.76. The van der Waals surface area contributed by atoms with Gasteiger partial charge in [-0.05, 0) is 50.2 Å². The molecule has 0 radical (unpaired) electrons. The van der Waals surface area contributed by atoms with Gasteiger partial charge in [0.05, 0.1) is 26.0 Å². The van der Waals surface area contributed by atoms with Crippen molar-refractivity contribution >= 4 is 17.3 Å². The summed E-state index contributed by atoms with van der Waals surface area (Å²) in [5.41, 5.74) is 4.99. The molecule has 0 aromatic heterocycles. The van der Waals surface area contributed by atoms with Crippen molar-refractivity contribution in [3.63, 3.8) is 0 Å². The lowest BCUT2D eigenvalue weighted by Crippen LogP contribution is -2.44. The minimum Gasteiger partial charge on any atom is -0.493 e. The van der Waals surface area contributed by atoms with Gasteiger partial charge in [0, 0.05) is 49.9 Å². The molecule has 0 spiro atoms. The van der Waals surface area contributed by atoms with Gasteiger partial charge in [-0.3, -0.25) is 4.79 Å². The van der Waals surface area contributed by atoms with Crippen LogP contribution in [0.2, 0.25) is 0 Å². The number of methoxy groups -OCH3 is 2. The molecule has 170 valence electrons. The molecule has 2 aromatic carbocycles. The number of amides is 1. The van der Waals surface area contributed by atoms with Crippen molar-refractivity contribution in [1.29, 1.82) is 0 Å². The number of hydrazone groups is 1. The summed E-state index contributed by atoms with van der Waals surface area (Å²) in [7, 11) is 5.43. The minimum atomic E-state index is -0.0733. The van der Waals surface area contributed by atoms with Gasteiger partial charge in [0.15, 0.2) is 11.5 Å². The summed E-state index contributed by atoms with van der Waals surface area (Å²) < 4.78 is 11.1. The number of likely N-dealkylation sites (N-methyl/N-ethyl adjacent to an activating group) is 1. The van der Waals surface area contributed by atoms with E-state index in [1.165, 1.54) is 5.69 Å². The monoisotopic (exact) mass is 436 g/mol. The van der Waals surface area contributed by atoms with Gasteiger partial charge in [-0.15, -0.1) is 0 Å². The number of carbonyl (C=O) groups is 1. The van der Waals surface area contributed by atoms with Crippen LogP contribution in [0.25, 0.3) is 0 Å². The van der Waals surface area contributed by atoms with E-state index in [2.05, 4.69) is 41.1 Å². The number of carbonyl (C=O) groups excluding carboxylic acids is 1. The maximum absolute atomic E-state index is 12.4. The largest absolute Gasteiger partial charge is 0.493 e. The van der Waals surface area contributed by atoms with Gasteiger partial charge in [0.2, 0.25) is 5.91 Å². The predicted molar refractivity (Wildman–Crippen MR) is 127 cm³/mol. The standard InChI is InChI=1S/C25H32N4O3/c1-17-14-20-15-23(31-4)24(32-5)16-22(20)25(26-29(17)18(2)30)19-6-8-21(9-7-19)28-12-10-27(3)11-13-28/h6-9,15-17H,10-14H2,1-5H3. The first-order valence-corrected chi connectivity index (χ1v) is 11.1. The molecule has 2 aliphatic heterocycles. The smallest absolute Gasteiger partial charge is 0.239 e. The third-order valence-electron chi connectivity index (χ3n) is 6.34. The minimum absolute atomic E-state index is 0.0635. The molecular weight excluding hydrogens is 404 g/mol. The second kappa shape index (κ2) is 9.20. The third kappa shape index (κ3) is 4.30. The quantitative estimate of drug-likeness (QED) is 0.738. The average Bonchev–Trinajstić information content (AvgIpc) is 2.94. The third-order valence-corrected chi connectivity index (χ3v) is 6.34. The summed E-state index contributed by atoms with van der Waals surface area (Å²) in [4.78, 5) is 17.1. The normalized spacial score (nSPS) is 19.2. The first-order chi connectivity index (χ1) is 15.4. The number of rotatable bonds is 4. The zero-order valence-electron chi connectivity index (χ0n) is 19.6. The first-order valence-electron chi connectivity index (χ1n) is 11.1. The molecule has 1 saturated heterocycles. The van der Waals surface area contributed by atoms with Crippen molar-refractivity contribution in [3.8, 4) is 11.5 Å². The van der Waals surface area contributed by atoms with Crippen molar-refractivity contribution in [1.82, 2.24) is 9.91 Å². The molecule has 7 heteroatoms. The Morgan fingerprint density at radius 2 is 1.62 bits per heavy atom. The Morgan fingerprint density at radius 1 is 1.00 bits per heavy atom. The van der Waals surface area contributed by atoms with E-state index in [1.54, 1.807) is 26.2 Å². The summed E-state index contributed by atoms with van der Waals surface area (Å²) >= 11 is 0. The van der Waals surface area contributed by atoms with Gasteiger partial charge in [-0.1, -0.05) is 12.1 Å². The Morgan fingerprint density at radius 3 is 2.22 bits per heavy atom. The highest BCUT2D eigenvalue weighted by Crippen LogP contribution is 2.35. The molecule has 2 aromatic rings. The molecule has 0 bridgehead atoms. The SMILES string of the molecule is COc1cc2c(cc1OC)C(c1ccc(N3CCN(C)CC3)cc1)=NN(C(C)=O)C(C)C2. The van der Waals surface area contributed by atoms with Gasteiger partial charge in [-0.2, -0.15) is 5.10 Å². The number of hydrogen-bond acceptors (Lipinski definition) is 6. The zero-order valence-corrected chi connectivity index (χ0v) is 19.6. The first kappa shape index (κ1) is 22.1. The number of anilines is 1. The summed E-state index contributed by atoms with van der Waals surface area (Å²) in [6, 6.07) is 12.4. The molecule has 0 aliphatic carbocycles. The molecule has 1 amide bonds. The molecule has 7 nitrogen and oxygen atoms in total. The average molecular weight is 437 g/mol. The van der Waals surface area contributed by atoms with E-state index in [9.17, 15) is 4.79 Å². The van der Waals surface area contributed by atoms with Crippen molar-refractivity contribution in [2.75, 3.05) is 52.3 Å². The number of nitrogens with zero attached hydrogens (tertiary/aromatic N) is 4. The highest BCUT2D eigenvalue weighted by molar-refractivity contribution is 6.14. The van der Waals surface area contributed by atoms with E-state index in [1.807, 2.05) is 19.1 Å². The van der Waals surface area contributed by atoms with Crippen molar-refractivity contribution in [3.05, 3.63) is 53.1 Å². The fourth-order valence-electron chi connectivity index (χ4n) is 4.46. The van der Waals surface area contributed by atoms with Crippen LogP contribution >= 0.6 is 0 Å². The fourth-order valence-corrected chi connectivity index (χ4v) is 4.46. The lowest BCUT2D eigenvalue weighted by Gasteiger charge is -2.34. The topological polar surface area (TPSA) is 57.6 Å². The van der Waals surface area contributed by atoms with Crippen LogP contribution in [-0.2, 0) is 11.2 Å². The number of hydrogen-bond donors (Lipinski definition) is 0. The van der Waals surface area contributed by atoms with E-state index >= 15 is 0 Å². The summed E-state index contributed by atoms with van der Waals surface area (Å²) in [6.45, 7) is 7.75. The predicted octanol–water partition coefficient (Wildman–Crippen LogP) is 3.00. The van der Waals surface area contributed by atoms with E-state index in [4.69, 9.17) is 14.6 Å². The van der Waals surface area contributed by atoms with Crippen LogP contribution in [-0.4, -0.2) is 75.0 Å². The molecular formula is C25H32N4O3. The van der Waals surface area contributed by atoms with E-state index in [0.29, 0.717) is 17.9 Å². The van der Waals surface area contributed by atoms with Crippen LogP contribution in [0, 0.1) is 0 Å². The Labute approximate surface area is 190 Å². The molecule has 2 aliphatic rings. The van der Waals surface area contributed by atoms with Crippen LogP contribution in [0.15, 0.2) is 41.5 Å². The van der Waals surface area contributed by atoms with Gasteiger partial charge >= 0.3 is 0 Å². The molecule has 32 heavy (non-hydrogen) atoms. The second-order valence-electron chi connectivity index (χ2n) is 8.57. The van der Waals surface area contributed by atoms with Crippen LogP contribution in [0.4, 0.5) is 5.69 Å². The van der Waals surface area contributed by atoms with Crippen LogP contribution in [0.3, 0.4) is 0 Å². The fraction of sp³-hybridized carbons (Fsp3) is 0.440. The molecule has 1 unspecified atom stereocenters. The Kier molecular flexibility index (Phi) is 6.37. The van der Waals surface area contributed by atoms with Crippen LogP contribution in [0.1, 0.15) is 30.5 Å². The molecule has 1 fully saturated rings. The Hall–Kier alpha value is -3.06. The maximum Gasteiger partial charge on any atom is 0.239 e. The van der Waals surface area contributed by atoms with E-state index in [-0.39, 0.29) is 11.9 Å². The van der Waals surface area contributed by atoms with Crippen LogP contribution < -0.4 is 14.4 Å². The van der Waals surface area contributed by atoms with E-state index in [0.717, 1.165) is 48.6 Å². The van der Waals surface area contributed by atoms with Gasteiger partial charge in [0.1, 0.15) is 0 Å². The van der Waals surface area contributed by atoms with Crippen molar-refractivity contribution in [2.45, 2.75) is 26.3 Å². The molecule has 0 N–H and O–H groups in total. The van der Waals surface area contributed by atoms with Crippen molar-refractivity contribution in [2.24, 2.45) is 5.10 Å². The number of fused-ring (bicyclic) bond motifs is 1. The Bertz CT molecular complexity index is 1010. The lowest BCUT2D eigenvalue weighted by atomic mass is 9.94. The highest BCUT2D eigenvalue weighted by Gasteiger charge is 2.27. The van der Waals surface area contributed by atoms with Gasteiger partial charge < -0.3 is 19.3 Å². The number of benzene rings is 2. The molecule has 1 atom stereocenters. The highest BCUT2D eigenvalue weighted by atomic mass is 16.5. The van der Waals surface area contributed by atoms with Crippen LogP contribution in [0.5, 0.6) is 11.5 Å². The molecule has 0 saturated carbocycles. The van der Waals surface area contributed by atoms with Crippen molar-refractivity contribution < 1.29 is 14.3 Å². The second-order valence-corrected chi connectivity index (χ2v) is 8.57.